The molecule has 0 aromatic heterocycles. The Morgan fingerprint density at radius 2 is 1.69 bits per heavy atom. The van der Waals surface area contributed by atoms with Gasteiger partial charge in [-0.3, -0.25) is 13.9 Å². The summed E-state index contributed by atoms with van der Waals surface area (Å²) in [5.41, 5.74) is 3.64. The molecule has 1 N–H and O–H groups in total. The van der Waals surface area contributed by atoms with Gasteiger partial charge in [-0.1, -0.05) is 60.9 Å². The number of rotatable bonds is 13. The molecule has 192 valence electrons. The van der Waals surface area contributed by atoms with E-state index in [0.717, 1.165) is 29.5 Å². The van der Waals surface area contributed by atoms with E-state index in [0.29, 0.717) is 25.2 Å². The van der Waals surface area contributed by atoms with Crippen molar-refractivity contribution in [2.75, 3.05) is 23.7 Å². The van der Waals surface area contributed by atoms with E-state index in [1.807, 2.05) is 50.2 Å². The minimum absolute atomic E-state index is 0.135. The lowest BCUT2D eigenvalue weighted by atomic mass is 10.1. The second kappa shape index (κ2) is 13.3. The van der Waals surface area contributed by atoms with Crippen molar-refractivity contribution in [3.63, 3.8) is 0 Å². The molecular formula is C27H39N3O4S. The van der Waals surface area contributed by atoms with Gasteiger partial charge in [-0.15, -0.1) is 0 Å². The summed E-state index contributed by atoms with van der Waals surface area (Å²) in [5.74, 6) is -0.362. The Morgan fingerprint density at radius 3 is 2.29 bits per heavy atom. The third kappa shape index (κ3) is 9.02. The summed E-state index contributed by atoms with van der Waals surface area (Å²) in [7, 11) is -3.50. The fourth-order valence-electron chi connectivity index (χ4n) is 3.84. The molecule has 8 heteroatoms. The molecule has 35 heavy (non-hydrogen) atoms. The van der Waals surface area contributed by atoms with Crippen molar-refractivity contribution in [1.29, 1.82) is 0 Å². The highest BCUT2D eigenvalue weighted by atomic mass is 32.2. The molecule has 1 atom stereocenters. The second-order valence-corrected chi connectivity index (χ2v) is 11.0. The van der Waals surface area contributed by atoms with Crippen LogP contribution in [-0.4, -0.2) is 50.5 Å². The number of carbonyl (C=O) groups is 2. The number of aryl methyl sites for hydroxylation is 2. The third-order valence-corrected chi connectivity index (χ3v) is 7.10. The zero-order valence-corrected chi connectivity index (χ0v) is 22.4. The highest BCUT2D eigenvalue weighted by Crippen LogP contribution is 2.20. The lowest BCUT2D eigenvalue weighted by Crippen LogP contribution is -2.48. The van der Waals surface area contributed by atoms with E-state index in [1.54, 1.807) is 24.0 Å². The number of nitrogens with zero attached hydrogens (tertiary/aromatic N) is 2. The molecule has 2 aromatic rings. The van der Waals surface area contributed by atoms with Gasteiger partial charge in [0, 0.05) is 26.1 Å². The quantitative estimate of drug-likeness (QED) is 0.417. The van der Waals surface area contributed by atoms with E-state index < -0.39 is 16.1 Å². The summed E-state index contributed by atoms with van der Waals surface area (Å²) in [6.45, 7) is 8.80. The molecule has 0 unspecified atom stereocenters. The van der Waals surface area contributed by atoms with Crippen molar-refractivity contribution in [3.8, 4) is 0 Å². The zero-order chi connectivity index (χ0) is 26.0. The van der Waals surface area contributed by atoms with Gasteiger partial charge in [0.1, 0.15) is 6.04 Å². The van der Waals surface area contributed by atoms with Crippen LogP contribution in [0.4, 0.5) is 5.69 Å². The van der Waals surface area contributed by atoms with Crippen molar-refractivity contribution >= 4 is 27.5 Å². The Labute approximate surface area is 210 Å². The normalized spacial score (nSPS) is 12.1. The molecule has 0 spiro atoms. The number of hydrogen-bond donors (Lipinski definition) is 1. The van der Waals surface area contributed by atoms with E-state index in [1.165, 1.54) is 10.6 Å². The Kier molecular flexibility index (Phi) is 10.8. The lowest BCUT2D eigenvalue weighted by Gasteiger charge is -2.29. The Hall–Kier alpha value is -2.87. The minimum atomic E-state index is -3.50. The monoisotopic (exact) mass is 501 g/mol. The lowest BCUT2D eigenvalue weighted by molar-refractivity contribution is -0.140. The molecule has 0 bridgehead atoms. The minimum Gasteiger partial charge on any atom is -0.354 e. The van der Waals surface area contributed by atoms with Gasteiger partial charge in [0.2, 0.25) is 21.8 Å². The van der Waals surface area contributed by atoms with E-state index in [-0.39, 0.29) is 24.8 Å². The predicted molar refractivity (Wildman–Crippen MR) is 142 cm³/mol. The van der Waals surface area contributed by atoms with Gasteiger partial charge in [-0.05, 0) is 51.3 Å². The summed E-state index contributed by atoms with van der Waals surface area (Å²) < 4.78 is 26.1. The van der Waals surface area contributed by atoms with E-state index in [2.05, 4.69) is 12.2 Å². The summed E-state index contributed by atoms with van der Waals surface area (Å²) >= 11 is 0. The maximum absolute atomic E-state index is 13.3. The number of anilines is 1. The van der Waals surface area contributed by atoms with Crippen LogP contribution in [0.25, 0.3) is 0 Å². The summed E-state index contributed by atoms with van der Waals surface area (Å²) in [4.78, 5) is 27.6. The smallest absolute Gasteiger partial charge is 0.242 e. The number of benzene rings is 2. The maximum atomic E-state index is 13.3. The molecule has 0 saturated heterocycles. The van der Waals surface area contributed by atoms with Crippen LogP contribution in [0.2, 0.25) is 0 Å². The topological polar surface area (TPSA) is 86.8 Å². The molecule has 2 aromatic carbocycles. The van der Waals surface area contributed by atoms with Gasteiger partial charge in [0.05, 0.1) is 11.9 Å². The maximum Gasteiger partial charge on any atom is 0.242 e. The molecule has 0 radical (unpaired) electrons. The fraction of sp³-hybridized carbons (Fsp3) is 0.481. The SMILES string of the molecule is CCCCNC(=O)[C@@H](C)N(Cc1cccc(C)c1)C(=O)CCCN(c1ccc(C)cc1)S(C)(=O)=O. The third-order valence-electron chi connectivity index (χ3n) is 5.91. The van der Waals surface area contributed by atoms with E-state index in [4.69, 9.17) is 0 Å². The summed E-state index contributed by atoms with van der Waals surface area (Å²) in [5, 5.41) is 2.92. The molecule has 0 heterocycles. The number of carbonyl (C=O) groups excluding carboxylic acids is 2. The molecule has 0 aliphatic rings. The molecule has 0 saturated carbocycles. The molecule has 2 amide bonds. The van der Waals surface area contributed by atoms with Crippen LogP contribution in [0, 0.1) is 13.8 Å². The molecule has 0 fully saturated rings. The average Bonchev–Trinajstić information content (AvgIpc) is 2.80. The highest BCUT2D eigenvalue weighted by Gasteiger charge is 2.26. The first-order chi connectivity index (χ1) is 16.5. The van der Waals surface area contributed by atoms with Gasteiger partial charge in [0.15, 0.2) is 0 Å². The standard InChI is InChI=1S/C27H39N3O4S/c1-6-7-17-28-27(32)23(4)29(20-24-11-8-10-22(3)19-24)26(31)12-9-18-30(35(5,33)34)25-15-13-21(2)14-16-25/h8,10-11,13-16,19,23H,6-7,9,12,17-18,20H2,1-5H3,(H,28,32)/t23-/m1/s1. The van der Waals surface area contributed by atoms with Crippen molar-refractivity contribution < 1.29 is 18.0 Å². The van der Waals surface area contributed by atoms with Gasteiger partial charge < -0.3 is 10.2 Å². The summed E-state index contributed by atoms with van der Waals surface area (Å²) in [6.07, 6.45) is 3.50. The first-order valence-electron chi connectivity index (χ1n) is 12.2. The van der Waals surface area contributed by atoms with Gasteiger partial charge in [-0.2, -0.15) is 0 Å². The number of hydrogen-bond acceptors (Lipinski definition) is 4. The molecular weight excluding hydrogens is 462 g/mol. The van der Waals surface area contributed by atoms with Crippen LogP contribution in [0.1, 0.15) is 56.2 Å². The van der Waals surface area contributed by atoms with Crippen LogP contribution in [0.3, 0.4) is 0 Å². The van der Waals surface area contributed by atoms with E-state index >= 15 is 0 Å². The van der Waals surface area contributed by atoms with Gasteiger partial charge in [-0.25, -0.2) is 8.42 Å². The van der Waals surface area contributed by atoms with Crippen LogP contribution >= 0.6 is 0 Å². The zero-order valence-electron chi connectivity index (χ0n) is 21.6. The second-order valence-electron chi connectivity index (χ2n) is 9.11. The fourth-order valence-corrected chi connectivity index (χ4v) is 4.81. The molecule has 2 rings (SSSR count). The van der Waals surface area contributed by atoms with E-state index in [9.17, 15) is 18.0 Å². The van der Waals surface area contributed by atoms with Crippen molar-refractivity contribution in [2.24, 2.45) is 0 Å². The number of unbranched alkanes of at least 4 members (excludes halogenated alkanes) is 1. The van der Waals surface area contributed by atoms with Crippen LogP contribution in [-0.2, 0) is 26.2 Å². The molecule has 0 aliphatic heterocycles. The van der Waals surface area contributed by atoms with Gasteiger partial charge in [0.25, 0.3) is 0 Å². The predicted octanol–water partition coefficient (Wildman–Crippen LogP) is 4.18. The van der Waals surface area contributed by atoms with Gasteiger partial charge >= 0.3 is 0 Å². The Bertz CT molecular complexity index is 1080. The molecule has 7 nitrogen and oxygen atoms in total. The van der Waals surface area contributed by atoms with Crippen molar-refractivity contribution in [2.45, 2.75) is 66.0 Å². The summed E-state index contributed by atoms with van der Waals surface area (Å²) in [6, 6.07) is 14.5. The first-order valence-corrected chi connectivity index (χ1v) is 14.0. The highest BCUT2D eigenvalue weighted by molar-refractivity contribution is 7.92. The Morgan fingerprint density at radius 1 is 1.00 bits per heavy atom. The Balaban J connectivity index is 2.13. The number of sulfonamides is 1. The average molecular weight is 502 g/mol. The first kappa shape index (κ1) is 28.4. The van der Waals surface area contributed by atoms with Crippen LogP contribution in [0.5, 0.6) is 0 Å². The largest absolute Gasteiger partial charge is 0.354 e. The number of nitrogens with one attached hydrogen (secondary N) is 1. The van der Waals surface area contributed by atoms with Crippen LogP contribution < -0.4 is 9.62 Å². The van der Waals surface area contributed by atoms with Crippen molar-refractivity contribution in [3.05, 3.63) is 65.2 Å². The van der Waals surface area contributed by atoms with Crippen molar-refractivity contribution in [1.82, 2.24) is 10.2 Å². The molecule has 0 aliphatic carbocycles. The van der Waals surface area contributed by atoms with Crippen LogP contribution in [0.15, 0.2) is 48.5 Å². The number of amides is 2.